The summed E-state index contributed by atoms with van der Waals surface area (Å²) in [6, 6.07) is 16.0. The standard InChI is InChI=1S/C24H28FN3O2.C12H13ClFN/c25-19-4-6-22-21(15-19)18(17-26-22)3-1-2-8-27-9-11-28(12-10-27)20-5-7-23-24(16-20)30-14-13-29-23;13-6-2-1-3-9-8-15-12-5-4-10(14)7-11(9)12/h4-7,15-17,26H,1-3,8-14H2;4-5,7-8,15H,1-3,6H2. The molecular weight excluding hydrogens is 594 g/mol. The Hall–Kier alpha value is -3.75. The third-order valence-corrected chi connectivity index (χ3v) is 8.99. The van der Waals surface area contributed by atoms with Crippen LogP contribution in [0.15, 0.2) is 67.0 Å². The molecule has 3 aromatic carbocycles. The lowest BCUT2D eigenvalue weighted by Gasteiger charge is -2.36. The van der Waals surface area contributed by atoms with Gasteiger partial charge >= 0.3 is 0 Å². The van der Waals surface area contributed by atoms with E-state index in [-0.39, 0.29) is 11.6 Å². The van der Waals surface area contributed by atoms with Crippen molar-refractivity contribution >= 4 is 39.1 Å². The summed E-state index contributed by atoms with van der Waals surface area (Å²) in [4.78, 5) is 11.4. The van der Waals surface area contributed by atoms with E-state index in [9.17, 15) is 8.78 Å². The Morgan fingerprint density at radius 2 is 1.27 bits per heavy atom. The maximum atomic E-state index is 13.5. The third-order valence-electron chi connectivity index (χ3n) is 8.72. The maximum absolute atomic E-state index is 13.5. The molecule has 1 saturated heterocycles. The van der Waals surface area contributed by atoms with E-state index in [1.165, 1.54) is 28.9 Å². The highest BCUT2D eigenvalue weighted by atomic mass is 35.5. The minimum atomic E-state index is -0.180. The number of alkyl halides is 1. The highest BCUT2D eigenvalue weighted by molar-refractivity contribution is 6.17. The van der Waals surface area contributed by atoms with Gasteiger partial charge in [-0.2, -0.15) is 0 Å². The molecule has 0 bridgehead atoms. The lowest BCUT2D eigenvalue weighted by Crippen LogP contribution is -2.46. The Balaban J connectivity index is 0.000000200. The number of hydrogen-bond donors (Lipinski definition) is 2. The highest BCUT2D eigenvalue weighted by Crippen LogP contribution is 2.34. The number of aromatic amines is 2. The molecule has 2 aliphatic rings. The molecule has 2 N–H and O–H groups in total. The first-order valence-electron chi connectivity index (χ1n) is 16.0. The lowest BCUT2D eigenvalue weighted by atomic mass is 10.1. The zero-order valence-electron chi connectivity index (χ0n) is 25.6. The zero-order valence-corrected chi connectivity index (χ0v) is 26.4. The van der Waals surface area contributed by atoms with Crippen molar-refractivity contribution < 1.29 is 18.3 Å². The van der Waals surface area contributed by atoms with Gasteiger partial charge in [-0.15, -0.1) is 11.6 Å². The number of nitrogens with one attached hydrogen (secondary N) is 2. The molecule has 1 fully saturated rings. The molecule has 0 amide bonds. The minimum Gasteiger partial charge on any atom is -0.486 e. The monoisotopic (exact) mass is 634 g/mol. The second-order valence-electron chi connectivity index (χ2n) is 11.8. The number of aromatic nitrogens is 2. The number of piperazine rings is 1. The van der Waals surface area contributed by atoms with Crippen LogP contribution in [0.3, 0.4) is 0 Å². The molecule has 0 aliphatic carbocycles. The lowest BCUT2D eigenvalue weighted by molar-refractivity contribution is 0.171. The highest BCUT2D eigenvalue weighted by Gasteiger charge is 2.19. The van der Waals surface area contributed by atoms with E-state index in [1.807, 2.05) is 24.5 Å². The van der Waals surface area contributed by atoms with Gasteiger partial charge in [0.05, 0.1) is 0 Å². The van der Waals surface area contributed by atoms with E-state index >= 15 is 0 Å². The van der Waals surface area contributed by atoms with Gasteiger partial charge in [0.15, 0.2) is 11.5 Å². The van der Waals surface area contributed by atoms with Crippen molar-refractivity contribution in [3.63, 3.8) is 0 Å². The van der Waals surface area contributed by atoms with Gasteiger partial charge in [-0.3, -0.25) is 4.90 Å². The largest absolute Gasteiger partial charge is 0.486 e. The molecule has 9 heteroatoms. The van der Waals surface area contributed by atoms with E-state index in [0.717, 1.165) is 105 Å². The number of ether oxygens (including phenoxy) is 2. The molecule has 0 spiro atoms. The molecule has 4 heterocycles. The summed E-state index contributed by atoms with van der Waals surface area (Å²) in [5.74, 6) is 2.05. The quantitative estimate of drug-likeness (QED) is 0.120. The third kappa shape index (κ3) is 7.92. The van der Waals surface area contributed by atoms with E-state index < -0.39 is 0 Å². The van der Waals surface area contributed by atoms with Gasteiger partial charge in [0.2, 0.25) is 0 Å². The number of H-pyrrole nitrogens is 2. The molecule has 6 nitrogen and oxygen atoms in total. The Labute approximate surface area is 268 Å². The van der Waals surface area contributed by atoms with Crippen molar-refractivity contribution in [3.05, 3.63) is 89.8 Å². The average Bonchev–Trinajstić information content (AvgIpc) is 3.66. The van der Waals surface area contributed by atoms with Crippen LogP contribution in [0.1, 0.15) is 36.8 Å². The normalized spacial score (nSPS) is 15.0. The summed E-state index contributed by atoms with van der Waals surface area (Å²) < 4.78 is 37.9. The van der Waals surface area contributed by atoms with Crippen LogP contribution < -0.4 is 14.4 Å². The van der Waals surface area contributed by atoms with Gasteiger partial charge in [-0.05, 0) is 105 Å². The first-order valence-corrected chi connectivity index (χ1v) is 16.5. The van der Waals surface area contributed by atoms with Gasteiger partial charge in [0.1, 0.15) is 24.8 Å². The summed E-state index contributed by atoms with van der Waals surface area (Å²) in [5.41, 5.74) is 5.62. The van der Waals surface area contributed by atoms with Gasteiger partial charge in [-0.25, -0.2) is 8.78 Å². The van der Waals surface area contributed by atoms with Crippen LogP contribution in [-0.4, -0.2) is 66.7 Å². The molecule has 45 heavy (non-hydrogen) atoms. The van der Waals surface area contributed by atoms with Gasteiger partial charge in [0, 0.05) is 78.0 Å². The fourth-order valence-electron chi connectivity index (χ4n) is 6.23. The van der Waals surface area contributed by atoms with Gasteiger partial charge < -0.3 is 24.3 Å². The number of unbranched alkanes of at least 4 members (excludes halogenated alkanes) is 2. The summed E-state index contributed by atoms with van der Waals surface area (Å²) in [6.45, 7) is 6.58. The Bertz CT molecular complexity index is 1700. The summed E-state index contributed by atoms with van der Waals surface area (Å²) >= 11 is 5.62. The molecule has 0 atom stereocenters. The molecule has 5 aromatic rings. The fraction of sp³-hybridized carbons (Fsp3) is 0.389. The average molecular weight is 635 g/mol. The number of nitrogens with zero attached hydrogens (tertiary/aromatic N) is 2. The van der Waals surface area contributed by atoms with E-state index in [4.69, 9.17) is 21.1 Å². The predicted octanol–water partition coefficient (Wildman–Crippen LogP) is 8.09. The molecule has 2 aliphatic heterocycles. The molecule has 238 valence electrons. The number of hydrogen-bond acceptors (Lipinski definition) is 4. The molecule has 0 radical (unpaired) electrons. The van der Waals surface area contributed by atoms with Crippen molar-refractivity contribution in [1.29, 1.82) is 0 Å². The van der Waals surface area contributed by atoms with Crippen molar-refractivity contribution in [2.24, 2.45) is 0 Å². The number of fused-ring (bicyclic) bond motifs is 3. The summed E-state index contributed by atoms with van der Waals surface area (Å²) in [5, 5.41) is 2.01. The first kappa shape index (κ1) is 31.2. The predicted molar refractivity (Wildman–Crippen MR) is 179 cm³/mol. The van der Waals surface area contributed by atoms with Gasteiger partial charge in [-0.1, -0.05) is 0 Å². The Morgan fingerprint density at radius 1 is 0.667 bits per heavy atom. The van der Waals surface area contributed by atoms with Crippen molar-refractivity contribution in [2.45, 2.75) is 38.5 Å². The summed E-state index contributed by atoms with van der Waals surface area (Å²) in [7, 11) is 0. The van der Waals surface area contributed by atoms with Crippen molar-refractivity contribution in [3.8, 4) is 11.5 Å². The van der Waals surface area contributed by atoms with E-state index in [0.29, 0.717) is 19.1 Å². The SMILES string of the molecule is Fc1ccc2[nH]cc(CCCCCl)c2c1.Fc1ccc2[nH]cc(CCCCN3CCN(c4ccc5c(c4)OCCO5)CC3)c2c1. The second-order valence-corrected chi connectivity index (χ2v) is 12.1. The van der Waals surface area contributed by atoms with Crippen LogP contribution in [0, 0.1) is 11.6 Å². The van der Waals surface area contributed by atoms with Crippen LogP contribution in [0.5, 0.6) is 11.5 Å². The smallest absolute Gasteiger partial charge is 0.163 e. The van der Waals surface area contributed by atoms with Crippen molar-refractivity contribution in [1.82, 2.24) is 14.9 Å². The minimum absolute atomic E-state index is 0.167. The number of aryl methyl sites for hydroxylation is 2. The fourth-order valence-corrected chi connectivity index (χ4v) is 6.42. The topological polar surface area (TPSA) is 56.5 Å². The van der Waals surface area contributed by atoms with Crippen LogP contribution in [0.4, 0.5) is 14.5 Å². The number of halogens is 3. The van der Waals surface area contributed by atoms with Crippen LogP contribution in [0.2, 0.25) is 0 Å². The molecular formula is C36H41ClF2N4O2. The Morgan fingerprint density at radius 3 is 1.89 bits per heavy atom. The summed E-state index contributed by atoms with van der Waals surface area (Å²) in [6.07, 6.45) is 10.2. The molecule has 7 rings (SSSR count). The van der Waals surface area contributed by atoms with Crippen LogP contribution >= 0.6 is 11.6 Å². The zero-order chi connectivity index (χ0) is 31.0. The van der Waals surface area contributed by atoms with Crippen molar-refractivity contribution in [2.75, 3.05) is 56.7 Å². The van der Waals surface area contributed by atoms with E-state index in [1.54, 1.807) is 18.2 Å². The second kappa shape index (κ2) is 15.0. The maximum Gasteiger partial charge on any atom is 0.163 e. The molecule has 2 aromatic heterocycles. The van der Waals surface area contributed by atoms with Gasteiger partial charge in [0.25, 0.3) is 0 Å². The molecule has 0 unspecified atom stereocenters. The van der Waals surface area contributed by atoms with Crippen LogP contribution in [0.25, 0.3) is 21.8 Å². The van der Waals surface area contributed by atoms with Crippen LogP contribution in [-0.2, 0) is 12.8 Å². The van der Waals surface area contributed by atoms with E-state index in [2.05, 4.69) is 31.9 Å². The first-order chi connectivity index (χ1) is 22.1. The Kier molecular flexibility index (Phi) is 10.4. The number of rotatable bonds is 10. The number of benzene rings is 3. The number of anilines is 1. The molecule has 0 saturated carbocycles.